The SMILES string of the molecule is Cc1ccnc(OCC2CCOCC2)c1C#N. The molecule has 2 rings (SSSR count). The first-order chi connectivity index (χ1) is 8.31. The fraction of sp³-hybridized carbons (Fsp3) is 0.538. The van der Waals surface area contributed by atoms with Crippen LogP contribution in [0.4, 0.5) is 0 Å². The van der Waals surface area contributed by atoms with E-state index in [1.54, 1.807) is 6.20 Å². The molecule has 0 amide bonds. The highest BCUT2D eigenvalue weighted by Gasteiger charge is 2.16. The topological polar surface area (TPSA) is 55.1 Å². The van der Waals surface area contributed by atoms with E-state index in [2.05, 4.69) is 11.1 Å². The number of aromatic nitrogens is 1. The normalized spacial score (nSPS) is 16.5. The molecule has 0 atom stereocenters. The molecule has 1 saturated heterocycles. The second-order valence-corrected chi connectivity index (χ2v) is 4.29. The highest BCUT2D eigenvalue weighted by atomic mass is 16.5. The number of nitrogens with zero attached hydrogens (tertiary/aromatic N) is 2. The van der Waals surface area contributed by atoms with Crippen molar-refractivity contribution in [3.05, 3.63) is 23.4 Å². The van der Waals surface area contributed by atoms with Gasteiger partial charge in [-0.2, -0.15) is 5.26 Å². The summed E-state index contributed by atoms with van der Waals surface area (Å²) in [5, 5.41) is 9.05. The van der Waals surface area contributed by atoms with E-state index < -0.39 is 0 Å². The summed E-state index contributed by atoms with van der Waals surface area (Å²) in [6.07, 6.45) is 3.72. The van der Waals surface area contributed by atoms with Gasteiger partial charge in [-0.15, -0.1) is 0 Å². The van der Waals surface area contributed by atoms with Crippen LogP contribution in [0.5, 0.6) is 5.88 Å². The minimum absolute atomic E-state index is 0.457. The van der Waals surface area contributed by atoms with E-state index in [4.69, 9.17) is 14.7 Å². The van der Waals surface area contributed by atoms with Gasteiger partial charge in [0, 0.05) is 19.4 Å². The van der Waals surface area contributed by atoms with Crippen molar-refractivity contribution in [1.82, 2.24) is 4.98 Å². The molecule has 0 bridgehead atoms. The minimum atomic E-state index is 0.457. The Morgan fingerprint density at radius 2 is 2.29 bits per heavy atom. The van der Waals surface area contributed by atoms with Gasteiger partial charge in [-0.05, 0) is 37.3 Å². The van der Waals surface area contributed by atoms with Gasteiger partial charge >= 0.3 is 0 Å². The van der Waals surface area contributed by atoms with Gasteiger partial charge in [-0.1, -0.05) is 0 Å². The summed E-state index contributed by atoms with van der Waals surface area (Å²) in [4.78, 5) is 4.12. The molecular formula is C13H16N2O2. The molecule has 17 heavy (non-hydrogen) atoms. The number of ether oxygens (including phenoxy) is 2. The lowest BCUT2D eigenvalue weighted by molar-refractivity contribution is 0.0490. The Labute approximate surface area is 101 Å². The van der Waals surface area contributed by atoms with Crippen molar-refractivity contribution < 1.29 is 9.47 Å². The van der Waals surface area contributed by atoms with Crippen LogP contribution in [0, 0.1) is 24.2 Å². The maximum Gasteiger partial charge on any atom is 0.231 e. The van der Waals surface area contributed by atoms with Gasteiger partial charge in [0.1, 0.15) is 11.6 Å². The zero-order valence-corrected chi connectivity index (χ0v) is 9.98. The first kappa shape index (κ1) is 11.9. The van der Waals surface area contributed by atoms with Gasteiger partial charge in [-0.3, -0.25) is 0 Å². The third-order valence-electron chi connectivity index (χ3n) is 3.03. The minimum Gasteiger partial charge on any atom is -0.476 e. The van der Waals surface area contributed by atoms with E-state index in [9.17, 15) is 0 Å². The highest BCUT2D eigenvalue weighted by Crippen LogP contribution is 2.20. The van der Waals surface area contributed by atoms with Gasteiger partial charge in [-0.25, -0.2) is 4.98 Å². The number of aryl methyl sites for hydroxylation is 1. The molecule has 0 spiro atoms. The molecule has 90 valence electrons. The summed E-state index contributed by atoms with van der Waals surface area (Å²) in [6, 6.07) is 3.96. The molecule has 1 aromatic rings. The van der Waals surface area contributed by atoms with E-state index in [0.29, 0.717) is 24.0 Å². The fourth-order valence-corrected chi connectivity index (χ4v) is 1.89. The van der Waals surface area contributed by atoms with E-state index in [1.807, 2.05) is 13.0 Å². The second kappa shape index (κ2) is 5.65. The van der Waals surface area contributed by atoms with Crippen molar-refractivity contribution in [2.75, 3.05) is 19.8 Å². The number of pyridine rings is 1. The molecule has 0 saturated carbocycles. The second-order valence-electron chi connectivity index (χ2n) is 4.29. The lowest BCUT2D eigenvalue weighted by Crippen LogP contribution is -2.22. The lowest BCUT2D eigenvalue weighted by Gasteiger charge is -2.22. The van der Waals surface area contributed by atoms with Crippen LogP contribution in [0.1, 0.15) is 24.0 Å². The molecule has 1 aliphatic rings. The predicted molar refractivity (Wildman–Crippen MR) is 62.7 cm³/mol. The maximum absolute atomic E-state index is 9.05. The first-order valence-corrected chi connectivity index (χ1v) is 5.87. The Bertz CT molecular complexity index is 420. The lowest BCUT2D eigenvalue weighted by atomic mass is 10.0. The van der Waals surface area contributed by atoms with Gasteiger partial charge in [0.2, 0.25) is 5.88 Å². The Hall–Kier alpha value is -1.60. The van der Waals surface area contributed by atoms with E-state index >= 15 is 0 Å². The summed E-state index contributed by atoms with van der Waals surface area (Å²) in [7, 11) is 0. The Balaban J connectivity index is 1.99. The molecule has 0 radical (unpaired) electrons. The van der Waals surface area contributed by atoms with Crippen molar-refractivity contribution in [2.24, 2.45) is 5.92 Å². The van der Waals surface area contributed by atoms with Crippen LogP contribution in [0.3, 0.4) is 0 Å². The van der Waals surface area contributed by atoms with Crippen molar-refractivity contribution in [3.8, 4) is 11.9 Å². The first-order valence-electron chi connectivity index (χ1n) is 5.87. The standard InChI is InChI=1S/C13H16N2O2/c1-10-2-5-15-13(12(10)8-14)17-9-11-3-6-16-7-4-11/h2,5,11H,3-4,6-7,9H2,1H3. The summed E-state index contributed by atoms with van der Waals surface area (Å²) < 4.78 is 11.0. The molecule has 4 heteroatoms. The quantitative estimate of drug-likeness (QED) is 0.800. The van der Waals surface area contributed by atoms with Crippen LogP contribution in [0.2, 0.25) is 0 Å². The summed E-state index contributed by atoms with van der Waals surface area (Å²) in [5.74, 6) is 0.969. The molecule has 1 fully saturated rings. The number of nitriles is 1. The average Bonchev–Trinajstić information content (AvgIpc) is 2.37. The van der Waals surface area contributed by atoms with Crippen LogP contribution in [0.15, 0.2) is 12.3 Å². The summed E-state index contributed by atoms with van der Waals surface area (Å²) >= 11 is 0. The van der Waals surface area contributed by atoms with Crippen molar-refractivity contribution in [2.45, 2.75) is 19.8 Å². The van der Waals surface area contributed by atoms with Gasteiger partial charge in [0.05, 0.1) is 6.61 Å². The number of hydrogen-bond donors (Lipinski definition) is 0. The van der Waals surface area contributed by atoms with Gasteiger partial charge < -0.3 is 9.47 Å². The zero-order chi connectivity index (χ0) is 12.1. The molecule has 0 unspecified atom stereocenters. The van der Waals surface area contributed by atoms with E-state index in [1.165, 1.54) is 0 Å². The van der Waals surface area contributed by atoms with Crippen LogP contribution in [-0.4, -0.2) is 24.8 Å². The van der Waals surface area contributed by atoms with Crippen LogP contribution in [0.25, 0.3) is 0 Å². The largest absolute Gasteiger partial charge is 0.476 e. The summed E-state index contributed by atoms with van der Waals surface area (Å²) in [6.45, 7) is 4.12. The van der Waals surface area contributed by atoms with Crippen LogP contribution >= 0.6 is 0 Å². The van der Waals surface area contributed by atoms with Crippen molar-refractivity contribution >= 4 is 0 Å². The third kappa shape index (κ3) is 2.95. The molecule has 0 aromatic carbocycles. The molecule has 2 heterocycles. The van der Waals surface area contributed by atoms with E-state index in [-0.39, 0.29) is 0 Å². The molecule has 4 nitrogen and oxygen atoms in total. The monoisotopic (exact) mass is 232 g/mol. The highest BCUT2D eigenvalue weighted by molar-refractivity contribution is 5.43. The number of rotatable bonds is 3. The van der Waals surface area contributed by atoms with Crippen molar-refractivity contribution in [1.29, 1.82) is 5.26 Å². The van der Waals surface area contributed by atoms with Gasteiger partial charge in [0.25, 0.3) is 0 Å². The smallest absolute Gasteiger partial charge is 0.231 e. The molecule has 1 aromatic heterocycles. The fourth-order valence-electron chi connectivity index (χ4n) is 1.89. The maximum atomic E-state index is 9.05. The molecule has 0 N–H and O–H groups in total. The molecule has 0 aliphatic carbocycles. The Kier molecular flexibility index (Phi) is 3.94. The third-order valence-corrected chi connectivity index (χ3v) is 3.03. The van der Waals surface area contributed by atoms with Gasteiger partial charge in [0.15, 0.2) is 0 Å². The Morgan fingerprint density at radius 1 is 1.53 bits per heavy atom. The van der Waals surface area contributed by atoms with Crippen molar-refractivity contribution in [3.63, 3.8) is 0 Å². The average molecular weight is 232 g/mol. The Morgan fingerprint density at radius 3 is 3.00 bits per heavy atom. The summed E-state index contributed by atoms with van der Waals surface area (Å²) in [5.41, 5.74) is 1.45. The number of hydrogen-bond acceptors (Lipinski definition) is 4. The van der Waals surface area contributed by atoms with Crippen LogP contribution < -0.4 is 4.74 Å². The molecular weight excluding hydrogens is 216 g/mol. The zero-order valence-electron chi connectivity index (χ0n) is 9.98. The predicted octanol–water partition coefficient (Wildman–Crippen LogP) is 2.07. The molecule has 1 aliphatic heterocycles. The van der Waals surface area contributed by atoms with Crippen LogP contribution in [-0.2, 0) is 4.74 Å². The van der Waals surface area contributed by atoms with E-state index in [0.717, 1.165) is 31.6 Å².